The fraction of sp³-hybridized carbons (Fsp3) is 0.143. The first kappa shape index (κ1) is 11.9. The Morgan fingerprint density at radius 2 is 2.11 bits per heavy atom. The van der Waals surface area contributed by atoms with Crippen LogP contribution < -0.4 is 10.6 Å². The maximum Gasteiger partial charge on any atom is 0.262 e. The van der Waals surface area contributed by atoms with Gasteiger partial charge in [0, 0.05) is 12.1 Å². The highest BCUT2D eigenvalue weighted by molar-refractivity contribution is 7.12. The Morgan fingerprint density at radius 3 is 2.89 bits per heavy atom. The van der Waals surface area contributed by atoms with Crippen molar-refractivity contribution in [3.8, 4) is 0 Å². The molecule has 0 spiro atoms. The molecule has 0 saturated carbocycles. The van der Waals surface area contributed by atoms with E-state index in [4.69, 9.17) is 0 Å². The summed E-state index contributed by atoms with van der Waals surface area (Å²) in [6.07, 6.45) is 0.527. The first-order valence-electron chi connectivity index (χ1n) is 5.97. The van der Waals surface area contributed by atoms with Gasteiger partial charge in [0.05, 0.1) is 4.88 Å². The van der Waals surface area contributed by atoms with Crippen LogP contribution in [0.15, 0.2) is 41.8 Å². The van der Waals surface area contributed by atoms with E-state index in [9.17, 15) is 9.59 Å². The summed E-state index contributed by atoms with van der Waals surface area (Å²) in [4.78, 5) is 24.5. The van der Waals surface area contributed by atoms with Crippen LogP contribution in [-0.4, -0.2) is 17.9 Å². The summed E-state index contributed by atoms with van der Waals surface area (Å²) in [5.74, 6) is -0.363. The molecule has 0 fully saturated rings. The van der Waals surface area contributed by atoms with E-state index in [2.05, 4.69) is 10.6 Å². The van der Waals surface area contributed by atoms with E-state index >= 15 is 0 Å². The number of hydrogen-bond donors (Lipinski definition) is 2. The van der Waals surface area contributed by atoms with Crippen molar-refractivity contribution in [2.45, 2.75) is 12.5 Å². The monoisotopic (exact) mass is 272 g/mol. The molecular formula is C14H12N2O2S. The lowest BCUT2D eigenvalue weighted by Crippen LogP contribution is -2.47. The molecule has 4 nitrogen and oxygen atoms in total. The lowest BCUT2D eigenvalue weighted by molar-refractivity contribution is -0.118. The minimum Gasteiger partial charge on any atom is -0.339 e. The van der Waals surface area contributed by atoms with Gasteiger partial charge in [-0.3, -0.25) is 9.59 Å². The summed E-state index contributed by atoms with van der Waals surface area (Å²) in [5, 5.41) is 7.42. The van der Waals surface area contributed by atoms with Crippen molar-refractivity contribution >= 4 is 28.8 Å². The van der Waals surface area contributed by atoms with Crippen LogP contribution in [0.25, 0.3) is 0 Å². The topological polar surface area (TPSA) is 58.2 Å². The third-order valence-corrected chi connectivity index (χ3v) is 3.93. The van der Waals surface area contributed by atoms with Crippen molar-refractivity contribution < 1.29 is 9.59 Å². The van der Waals surface area contributed by atoms with Gasteiger partial charge in [-0.05, 0) is 23.1 Å². The van der Waals surface area contributed by atoms with Crippen molar-refractivity contribution in [3.05, 3.63) is 52.2 Å². The summed E-state index contributed by atoms with van der Waals surface area (Å²) in [7, 11) is 0. The molecule has 1 aromatic heterocycles. The van der Waals surface area contributed by atoms with Crippen LogP contribution in [0.3, 0.4) is 0 Å². The molecular weight excluding hydrogens is 260 g/mol. The van der Waals surface area contributed by atoms with Crippen LogP contribution in [0.1, 0.15) is 15.2 Å². The summed E-state index contributed by atoms with van der Waals surface area (Å²) < 4.78 is 0. The molecule has 2 N–H and O–H groups in total. The summed E-state index contributed by atoms with van der Waals surface area (Å²) in [6, 6.07) is 10.7. The number of nitrogens with one attached hydrogen (secondary N) is 2. The van der Waals surface area contributed by atoms with Crippen molar-refractivity contribution in [1.82, 2.24) is 5.32 Å². The summed E-state index contributed by atoms with van der Waals surface area (Å²) in [5.41, 5.74) is 1.87. The minimum absolute atomic E-state index is 0.163. The number of carbonyl (C=O) groups excluding carboxylic acids is 2. The number of para-hydroxylation sites is 1. The van der Waals surface area contributed by atoms with Gasteiger partial charge in [0.2, 0.25) is 5.91 Å². The molecule has 1 atom stereocenters. The number of anilines is 1. The Kier molecular flexibility index (Phi) is 3.05. The molecule has 0 bridgehead atoms. The number of fused-ring (bicyclic) bond motifs is 1. The predicted octanol–water partition coefficient (Wildman–Crippen LogP) is 2.04. The lowest BCUT2D eigenvalue weighted by Gasteiger charge is -2.25. The van der Waals surface area contributed by atoms with E-state index in [0.717, 1.165) is 11.3 Å². The van der Waals surface area contributed by atoms with Crippen molar-refractivity contribution in [1.29, 1.82) is 0 Å². The number of thiophene rings is 1. The molecule has 2 amide bonds. The highest BCUT2D eigenvalue weighted by Crippen LogP contribution is 2.22. The molecule has 3 rings (SSSR count). The fourth-order valence-electron chi connectivity index (χ4n) is 2.11. The van der Waals surface area contributed by atoms with Crippen LogP contribution in [0.4, 0.5) is 5.69 Å². The van der Waals surface area contributed by atoms with Gasteiger partial charge in [0.15, 0.2) is 0 Å². The van der Waals surface area contributed by atoms with Crippen molar-refractivity contribution in [2.75, 3.05) is 5.32 Å². The number of rotatable bonds is 2. The molecule has 1 unspecified atom stereocenters. The van der Waals surface area contributed by atoms with Crippen LogP contribution in [0, 0.1) is 0 Å². The lowest BCUT2D eigenvalue weighted by atomic mass is 9.99. The van der Waals surface area contributed by atoms with E-state index in [-0.39, 0.29) is 11.8 Å². The summed E-state index contributed by atoms with van der Waals surface area (Å²) in [6.45, 7) is 0. The Bertz CT molecular complexity index is 622. The van der Waals surface area contributed by atoms with E-state index < -0.39 is 6.04 Å². The zero-order valence-electron chi connectivity index (χ0n) is 10.1. The normalized spacial score (nSPS) is 17.5. The molecule has 0 aliphatic carbocycles. The SMILES string of the molecule is O=C(NC1Cc2ccccc2NC1=O)c1cccs1. The predicted molar refractivity (Wildman–Crippen MR) is 74.3 cm³/mol. The molecule has 0 saturated heterocycles. The van der Waals surface area contributed by atoms with Gasteiger partial charge in [-0.15, -0.1) is 11.3 Å². The molecule has 19 heavy (non-hydrogen) atoms. The smallest absolute Gasteiger partial charge is 0.262 e. The standard InChI is InChI=1S/C14H12N2O2S/c17-13-11(16-14(18)12-6-3-7-19-12)8-9-4-1-2-5-10(9)15-13/h1-7,11H,8H2,(H,15,17)(H,16,18). The van der Waals surface area contributed by atoms with Crippen molar-refractivity contribution in [2.24, 2.45) is 0 Å². The third-order valence-electron chi connectivity index (χ3n) is 3.07. The highest BCUT2D eigenvalue weighted by atomic mass is 32.1. The van der Waals surface area contributed by atoms with Gasteiger partial charge >= 0.3 is 0 Å². The number of hydrogen-bond acceptors (Lipinski definition) is 3. The average Bonchev–Trinajstić information content (AvgIpc) is 2.93. The van der Waals surface area contributed by atoms with Gasteiger partial charge in [-0.2, -0.15) is 0 Å². The zero-order valence-corrected chi connectivity index (χ0v) is 10.9. The second kappa shape index (κ2) is 4.85. The van der Waals surface area contributed by atoms with Gasteiger partial charge in [0.25, 0.3) is 5.91 Å². The van der Waals surface area contributed by atoms with E-state index in [1.54, 1.807) is 6.07 Å². The van der Waals surface area contributed by atoms with Crippen molar-refractivity contribution in [3.63, 3.8) is 0 Å². The zero-order chi connectivity index (χ0) is 13.2. The highest BCUT2D eigenvalue weighted by Gasteiger charge is 2.27. The molecule has 1 aliphatic heterocycles. The summed E-state index contributed by atoms with van der Waals surface area (Å²) >= 11 is 1.36. The molecule has 96 valence electrons. The first-order valence-corrected chi connectivity index (χ1v) is 6.85. The van der Waals surface area contributed by atoms with Gasteiger partial charge in [-0.1, -0.05) is 24.3 Å². The quantitative estimate of drug-likeness (QED) is 0.879. The Hall–Kier alpha value is -2.14. The second-order valence-electron chi connectivity index (χ2n) is 4.35. The number of carbonyl (C=O) groups is 2. The minimum atomic E-state index is -0.510. The third kappa shape index (κ3) is 2.37. The fourth-order valence-corrected chi connectivity index (χ4v) is 2.73. The molecule has 2 heterocycles. The van der Waals surface area contributed by atoms with Gasteiger partial charge < -0.3 is 10.6 Å². The molecule has 1 aromatic carbocycles. The first-order chi connectivity index (χ1) is 9.24. The largest absolute Gasteiger partial charge is 0.339 e. The molecule has 2 aromatic rings. The Morgan fingerprint density at radius 1 is 1.26 bits per heavy atom. The van der Waals surface area contributed by atoms with E-state index in [1.165, 1.54) is 11.3 Å². The molecule has 5 heteroatoms. The maximum atomic E-state index is 12.0. The average molecular weight is 272 g/mol. The number of amides is 2. The Balaban J connectivity index is 1.76. The van der Waals surface area contributed by atoms with E-state index in [1.807, 2.05) is 35.7 Å². The van der Waals surface area contributed by atoms with E-state index in [0.29, 0.717) is 11.3 Å². The molecule has 1 aliphatic rings. The van der Waals surface area contributed by atoms with Gasteiger partial charge in [0.1, 0.15) is 6.04 Å². The van der Waals surface area contributed by atoms with Crippen LogP contribution >= 0.6 is 11.3 Å². The van der Waals surface area contributed by atoms with Crippen LogP contribution in [0.5, 0.6) is 0 Å². The van der Waals surface area contributed by atoms with Crippen LogP contribution in [0.2, 0.25) is 0 Å². The van der Waals surface area contributed by atoms with Gasteiger partial charge in [-0.25, -0.2) is 0 Å². The maximum absolute atomic E-state index is 12.0. The number of benzene rings is 1. The second-order valence-corrected chi connectivity index (χ2v) is 5.30. The molecule has 0 radical (unpaired) electrons. The Labute approximate surface area is 114 Å². The van der Waals surface area contributed by atoms with Crippen LogP contribution in [-0.2, 0) is 11.2 Å².